The molecular weight excluding hydrogens is 252 g/mol. The lowest BCUT2D eigenvalue weighted by Gasteiger charge is -2.48. The number of likely N-dealkylation sites (tertiary alicyclic amines) is 1. The van der Waals surface area contributed by atoms with Crippen LogP contribution in [0, 0.1) is 17.3 Å². The molecule has 0 radical (unpaired) electrons. The van der Waals surface area contributed by atoms with E-state index in [0.29, 0.717) is 12.5 Å². The van der Waals surface area contributed by atoms with Gasteiger partial charge in [-0.3, -0.25) is 4.79 Å². The molecule has 4 unspecified atom stereocenters. The van der Waals surface area contributed by atoms with Crippen molar-refractivity contribution in [1.82, 2.24) is 4.90 Å². The van der Waals surface area contributed by atoms with Gasteiger partial charge in [0.15, 0.2) is 0 Å². The van der Waals surface area contributed by atoms with Gasteiger partial charge in [0.1, 0.15) is 0 Å². The fourth-order valence-corrected chi connectivity index (χ4v) is 3.92. The highest BCUT2D eigenvalue weighted by Gasteiger charge is 2.47. The van der Waals surface area contributed by atoms with Crippen LogP contribution in [0.3, 0.4) is 0 Å². The largest absolute Gasteiger partial charge is 0.388 e. The van der Waals surface area contributed by atoms with Gasteiger partial charge < -0.3 is 15.7 Å². The first-order chi connectivity index (χ1) is 9.15. The van der Waals surface area contributed by atoms with E-state index >= 15 is 0 Å². The molecule has 4 nitrogen and oxygen atoms in total. The molecule has 3 N–H and O–H groups in total. The maximum atomic E-state index is 12.9. The Hall–Kier alpha value is -0.610. The van der Waals surface area contributed by atoms with Crippen molar-refractivity contribution in [2.24, 2.45) is 23.0 Å². The number of nitrogens with two attached hydrogens (primary N) is 1. The van der Waals surface area contributed by atoms with E-state index in [1.807, 2.05) is 11.8 Å². The predicted octanol–water partition coefficient (Wildman–Crippen LogP) is 1.76. The number of carbonyl (C=O) groups is 1. The molecule has 1 amide bonds. The van der Waals surface area contributed by atoms with Crippen LogP contribution in [0.15, 0.2) is 0 Å². The first-order valence-electron chi connectivity index (χ1n) is 7.92. The van der Waals surface area contributed by atoms with Crippen LogP contribution in [0.2, 0.25) is 0 Å². The molecule has 0 aromatic heterocycles. The smallest absolute Gasteiger partial charge is 0.226 e. The number of amides is 1. The maximum Gasteiger partial charge on any atom is 0.226 e. The van der Waals surface area contributed by atoms with Crippen LogP contribution in [0.5, 0.6) is 0 Å². The quantitative estimate of drug-likeness (QED) is 0.770. The predicted molar refractivity (Wildman–Crippen MR) is 80.1 cm³/mol. The van der Waals surface area contributed by atoms with Crippen molar-refractivity contribution in [2.75, 3.05) is 13.1 Å². The Kier molecular flexibility index (Phi) is 4.18. The van der Waals surface area contributed by atoms with Gasteiger partial charge in [0.05, 0.1) is 5.60 Å². The van der Waals surface area contributed by atoms with E-state index in [-0.39, 0.29) is 23.3 Å². The number of β-amino-alcohol motifs (C(OH)–C–C–N with tert-alkyl or cyclic N) is 1. The average Bonchev–Trinajstić information content (AvgIpc) is 2.34. The Morgan fingerprint density at radius 2 is 1.95 bits per heavy atom. The Balaban J connectivity index is 2.12. The second kappa shape index (κ2) is 5.30. The number of aliphatic hydroxyl groups is 1. The Bertz CT molecular complexity index is 379. The second-order valence-electron chi connectivity index (χ2n) is 7.76. The molecule has 0 aromatic carbocycles. The minimum absolute atomic E-state index is 0.0335. The van der Waals surface area contributed by atoms with Gasteiger partial charge >= 0.3 is 0 Å². The van der Waals surface area contributed by atoms with E-state index in [0.717, 1.165) is 32.2 Å². The monoisotopic (exact) mass is 282 g/mol. The molecule has 1 saturated carbocycles. The molecule has 1 aliphatic carbocycles. The van der Waals surface area contributed by atoms with Gasteiger partial charge in [-0.2, -0.15) is 0 Å². The van der Waals surface area contributed by atoms with E-state index in [2.05, 4.69) is 20.8 Å². The molecule has 20 heavy (non-hydrogen) atoms. The molecule has 0 spiro atoms. The zero-order valence-corrected chi connectivity index (χ0v) is 13.4. The maximum absolute atomic E-state index is 12.9. The number of carbonyl (C=O) groups excluding carboxylic acids is 1. The lowest BCUT2D eigenvalue weighted by molar-refractivity contribution is -0.149. The van der Waals surface area contributed by atoms with Crippen LogP contribution < -0.4 is 5.73 Å². The highest BCUT2D eigenvalue weighted by molar-refractivity contribution is 5.80. The fraction of sp³-hybridized carbons (Fsp3) is 0.938. The van der Waals surface area contributed by atoms with Crippen LogP contribution in [-0.2, 0) is 4.79 Å². The zero-order valence-electron chi connectivity index (χ0n) is 13.4. The third-order valence-electron chi connectivity index (χ3n) is 5.79. The third kappa shape index (κ3) is 2.86. The van der Waals surface area contributed by atoms with Gasteiger partial charge in [0.25, 0.3) is 0 Å². The average molecular weight is 282 g/mol. The minimum atomic E-state index is -0.727. The number of rotatable bonds is 1. The number of nitrogens with zero attached hydrogens (tertiary/aromatic N) is 1. The molecule has 1 saturated heterocycles. The molecule has 0 bridgehead atoms. The van der Waals surface area contributed by atoms with Crippen LogP contribution in [0.25, 0.3) is 0 Å². The third-order valence-corrected chi connectivity index (χ3v) is 5.79. The van der Waals surface area contributed by atoms with Gasteiger partial charge in [-0.1, -0.05) is 20.8 Å². The molecule has 1 heterocycles. The van der Waals surface area contributed by atoms with Gasteiger partial charge in [0, 0.05) is 25.0 Å². The van der Waals surface area contributed by atoms with Crippen molar-refractivity contribution >= 4 is 5.91 Å². The van der Waals surface area contributed by atoms with Crippen LogP contribution in [0.4, 0.5) is 0 Å². The molecule has 4 heteroatoms. The second-order valence-corrected chi connectivity index (χ2v) is 7.76. The normalized spacial score (nSPS) is 41.5. The van der Waals surface area contributed by atoms with E-state index in [4.69, 9.17) is 5.73 Å². The molecule has 2 aliphatic rings. The van der Waals surface area contributed by atoms with Crippen molar-refractivity contribution in [2.45, 2.75) is 65.0 Å². The standard InChI is InChI=1S/C16H30N2O2/c1-11-13(17)7-6-12(15(11,2)3)14(19)18-9-5-8-16(4,20)10-18/h11-13,20H,5-10,17H2,1-4H3. The van der Waals surface area contributed by atoms with Gasteiger partial charge in [-0.25, -0.2) is 0 Å². The summed E-state index contributed by atoms with van der Waals surface area (Å²) in [4.78, 5) is 14.8. The number of hydrogen-bond acceptors (Lipinski definition) is 3. The van der Waals surface area contributed by atoms with Crippen molar-refractivity contribution in [3.8, 4) is 0 Å². The highest BCUT2D eigenvalue weighted by Crippen LogP contribution is 2.45. The molecule has 1 aliphatic heterocycles. The lowest BCUT2D eigenvalue weighted by atomic mass is 9.60. The van der Waals surface area contributed by atoms with E-state index < -0.39 is 5.60 Å². The molecule has 116 valence electrons. The zero-order chi connectivity index (χ0) is 15.1. The molecule has 2 fully saturated rings. The van der Waals surface area contributed by atoms with Crippen LogP contribution in [0.1, 0.15) is 53.4 Å². The first-order valence-corrected chi connectivity index (χ1v) is 7.92. The summed E-state index contributed by atoms with van der Waals surface area (Å²) >= 11 is 0. The topological polar surface area (TPSA) is 66.6 Å². The Labute approximate surface area is 122 Å². The van der Waals surface area contributed by atoms with Crippen molar-refractivity contribution in [3.63, 3.8) is 0 Å². The van der Waals surface area contributed by atoms with E-state index in [9.17, 15) is 9.90 Å². The fourth-order valence-electron chi connectivity index (χ4n) is 3.92. The van der Waals surface area contributed by atoms with Crippen LogP contribution in [-0.4, -0.2) is 40.6 Å². The summed E-state index contributed by atoms with van der Waals surface area (Å²) in [5, 5.41) is 10.2. The summed E-state index contributed by atoms with van der Waals surface area (Å²) in [6, 6.07) is 0.193. The Morgan fingerprint density at radius 1 is 1.30 bits per heavy atom. The first kappa shape index (κ1) is 15.8. The summed E-state index contributed by atoms with van der Waals surface area (Å²) in [7, 11) is 0. The van der Waals surface area contributed by atoms with Crippen LogP contribution >= 0.6 is 0 Å². The Morgan fingerprint density at radius 3 is 2.55 bits per heavy atom. The van der Waals surface area contributed by atoms with Gasteiger partial charge in [0.2, 0.25) is 5.91 Å². The SMILES string of the molecule is CC1C(N)CCC(C(=O)N2CCCC(C)(O)C2)C1(C)C. The summed E-state index contributed by atoms with van der Waals surface area (Å²) in [5.41, 5.74) is 5.37. The van der Waals surface area contributed by atoms with Gasteiger partial charge in [-0.15, -0.1) is 0 Å². The summed E-state index contributed by atoms with van der Waals surface area (Å²) in [5.74, 6) is 0.593. The minimum Gasteiger partial charge on any atom is -0.388 e. The van der Waals surface area contributed by atoms with Crippen molar-refractivity contribution < 1.29 is 9.90 Å². The lowest BCUT2D eigenvalue weighted by Crippen LogP contribution is -2.56. The summed E-state index contributed by atoms with van der Waals surface area (Å²) < 4.78 is 0. The number of piperidine rings is 1. The van der Waals surface area contributed by atoms with E-state index in [1.54, 1.807) is 0 Å². The number of hydrogen-bond donors (Lipinski definition) is 2. The van der Waals surface area contributed by atoms with Crippen molar-refractivity contribution in [3.05, 3.63) is 0 Å². The molecule has 0 aromatic rings. The summed E-state index contributed by atoms with van der Waals surface area (Å²) in [6.45, 7) is 9.58. The highest BCUT2D eigenvalue weighted by atomic mass is 16.3. The van der Waals surface area contributed by atoms with Gasteiger partial charge in [-0.05, 0) is 43.9 Å². The summed E-state index contributed by atoms with van der Waals surface area (Å²) in [6.07, 6.45) is 3.47. The van der Waals surface area contributed by atoms with E-state index in [1.165, 1.54) is 0 Å². The molecular formula is C16H30N2O2. The molecule has 2 rings (SSSR count). The van der Waals surface area contributed by atoms with Crippen molar-refractivity contribution in [1.29, 1.82) is 0 Å². The molecule has 4 atom stereocenters.